The third kappa shape index (κ3) is 6.40. The van der Waals surface area contributed by atoms with Gasteiger partial charge in [-0.1, -0.05) is 44.2 Å². The number of aliphatic carboxylic acids is 1. The van der Waals surface area contributed by atoms with E-state index in [-0.39, 0.29) is 21.5 Å². The van der Waals surface area contributed by atoms with Crippen molar-refractivity contribution in [2.24, 2.45) is 5.41 Å². The number of benzene rings is 2. The number of carboxylic acids is 1. The number of rotatable bonds is 9. The van der Waals surface area contributed by atoms with Gasteiger partial charge in [0.15, 0.2) is 5.13 Å². The van der Waals surface area contributed by atoms with Crippen LogP contribution < -0.4 is 10.1 Å². The Morgan fingerprint density at radius 3 is 2.26 bits per heavy atom. The van der Waals surface area contributed by atoms with E-state index in [2.05, 4.69) is 15.0 Å². The lowest BCUT2D eigenvalue weighted by Crippen LogP contribution is -2.21. The second-order valence-electron chi connectivity index (χ2n) is 9.38. The molecule has 0 aliphatic carbocycles. The summed E-state index contributed by atoms with van der Waals surface area (Å²) in [5.41, 5.74) is -0.929. The van der Waals surface area contributed by atoms with Gasteiger partial charge in [-0.3, -0.25) is 10.1 Å². The number of ether oxygens (including phenoxy) is 3. The Morgan fingerprint density at radius 2 is 1.74 bits per heavy atom. The molecule has 0 bridgehead atoms. The van der Waals surface area contributed by atoms with Crippen LogP contribution in [-0.4, -0.2) is 43.3 Å². The molecule has 8 nitrogen and oxygen atoms in total. The Morgan fingerprint density at radius 1 is 1.10 bits per heavy atom. The van der Waals surface area contributed by atoms with Crippen LogP contribution in [0.4, 0.5) is 18.3 Å². The van der Waals surface area contributed by atoms with E-state index < -0.39 is 57.7 Å². The highest BCUT2D eigenvalue weighted by Crippen LogP contribution is 2.43. The molecule has 0 saturated heterocycles. The number of methoxy groups -OCH3 is 3. The Balaban J connectivity index is 1.95. The summed E-state index contributed by atoms with van der Waals surface area (Å²) in [6.07, 6.45) is 0.114. The fourth-order valence-corrected chi connectivity index (χ4v) is 4.70. The number of hydrogen-bond donors (Lipinski definition) is 2. The van der Waals surface area contributed by atoms with Crippen molar-refractivity contribution in [3.05, 3.63) is 70.2 Å². The summed E-state index contributed by atoms with van der Waals surface area (Å²) in [7, 11) is 3.90. The molecule has 1 unspecified atom stereocenters. The van der Waals surface area contributed by atoms with Crippen molar-refractivity contribution in [2.45, 2.75) is 26.9 Å². The van der Waals surface area contributed by atoms with E-state index in [1.54, 1.807) is 12.1 Å². The Bertz CT molecular complexity index is 1410. The zero-order valence-corrected chi connectivity index (χ0v) is 22.8. The van der Waals surface area contributed by atoms with Crippen LogP contribution in [0.25, 0.3) is 17.3 Å². The van der Waals surface area contributed by atoms with Crippen LogP contribution in [0.1, 0.15) is 48.4 Å². The van der Waals surface area contributed by atoms with Gasteiger partial charge in [-0.25, -0.2) is 22.9 Å². The maximum absolute atomic E-state index is 15.7. The average Bonchev–Trinajstić information content (AvgIpc) is 3.26. The van der Waals surface area contributed by atoms with Gasteiger partial charge in [-0.05, 0) is 23.6 Å². The zero-order chi connectivity index (χ0) is 29.1. The van der Waals surface area contributed by atoms with E-state index in [0.717, 1.165) is 30.6 Å². The van der Waals surface area contributed by atoms with Crippen LogP contribution >= 0.6 is 11.3 Å². The van der Waals surface area contributed by atoms with Crippen molar-refractivity contribution in [3.63, 3.8) is 0 Å². The molecule has 0 spiro atoms. The van der Waals surface area contributed by atoms with Crippen LogP contribution in [0.2, 0.25) is 0 Å². The number of halogens is 3. The number of carbonyl (C=O) groups is 2. The quantitative estimate of drug-likeness (QED) is 0.232. The van der Waals surface area contributed by atoms with Crippen molar-refractivity contribution in [1.29, 1.82) is 0 Å². The van der Waals surface area contributed by atoms with Crippen molar-refractivity contribution < 1.29 is 42.1 Å². The van der Waals surface area contributed by atoms with Crippen LogP contribution in [0, 0.1) is 22.9 Å². The number of anilines is 1. The van der Waals surface area contributed by atoms with Crippen LogP contribution in [0.3, 0.4) is 0 Å². The summed E-state index contributed by atoms with van der Waals surface area (Å²) in [5, 5.41) is 11.6. The fraction of sp³-hybridized carbons (Fsp3) is 0.296. The topological polar surface area (TPSA) is 107 Å². The first kappa shape index (κ1) is 29.7. The third-order valence-electron chi connectivity index (χ3n) is 5.64. The SMILES string of the molecule is COC(=Cc1c(F)cc(C(=O)Nc2nc(-c3cccc(C(OC)C(C)(C)C)c3F)c(OC)s2)cc1F)C(=O)O. The van der Waals surface area contributed by atoms with Gasteiger partial charge in [0.1, 0.15) is 23.1 Å². The molecule has 208 valence electrons. The van der Waals surface area contributed by atoms with Gasteiger partial charge in [0, 0.05) is 35.4 Å². The number of thiazole rings is 1. The lowest BCUT2D eigenvalue weighted by atomic mass is 9.83. The number of hydrogen-bond acceptors (Lipinski definition) is 7. The summed E-state index contributed by atoms with van der Waals surface area (Å²) in [6, 6.07) is 6.27. The van der Waals surface area contributed by atoms with Gasteiger partial charge in [0.05, 0.1) is 20.3 Å². The minimum Gasteiger partial charge on any atom is -0.490 e. The number of nitrogens with zero attached hydrogens (tertiary/aromatic N) is 1. The van der Waals surface area contributed by atoms with E-state index in [1.165, 1.54) is 20.3 Å². The molecule has 0 saturated carbocycles. The smallest absolute Gasteiger partial charge is 0.371 e. The summed E-state index contributed by atoms with van der Waals surface area (Å²) in [5.74, 6) is -6.05. The molecule has 1 heterocycles. The van der Waals surface area contributed by atoms with Crippen molar-refractivity contribution in [3.8, 4) is 16.3 Å². The average molecular weight is 565 g/mol. The number of amides is 1. The van der Waals surface area contributed by atoms with Crippen molar-refractivity contribution in [2.75, 3.05) is 26.6 Å². The van der Waals surface area contributed by atoms with Crippen LogP contribution in [-0.2, 0) is 14.3 Å². The molecular weight excluding hydrogens is 537 g/mol. The minimum atomic E-state index is -1.52. The number of carboxylic acid groups (broad SMARTS) is 1. The van der Waals surface area contributed by atoms with Gasteiger partial charge in [-0.15, -0.1) is 0 Å². The Kier molecular flexibility index (Phi) is 9.03. The number of aromatic nitrogens is 1. The van der Waals surface area contributed by atoms with Gasteiger partial charge in [-0.2, -0.15) is 0 Å². The molecule has 3 rings (SSSR count). The predicted molar refractivity (Wildman–Crippen MR) is 140 cm³/mol. The third-order valence-corrected chi connectivity index (χ3v) is 6.57. The van der Waals surface area contributed by atoms with E-state index in [0.29, 0.717) is 11.6 Å². The fourth-order valence-electron chi connectivity index (χ4n) is 3.91. The van der Waals surface area contributed by atoms with E-state index >= 15 is 4.39 Å². The molecule has 2 aromatic carbocycles. The highest BCUT2D eigenvalue weighted by Gasteiger charge is 2.30. The van der Waals surface area contributed by atoms with Gasteiger partial charge < -0.3 is 19.3 Å². The first-order valence-corrected chi connectivity index (χ1v) is 12.3. The van der Waals surface area contributed by atoms with Crippen molar-refractivity contribution in [1.82, 2.24) is 4.98 Å². The highest BCUT2D eigenvalue weighted by atomic mass is 32.1. The zero-order valence-electron chi connectivity index (χ0n) is 22.0. The molecule has 2 N–H and O–H groups in total. The second kappa shape index (κ2) is 11.9. The Hall–Kier alpha value is -3.90. The summed E-state index contributed by atoms with van der Waals surface area (Å²) >= 11 is 0.896. The normalized spacial score (nSPS) is 12.7. The lowest BCUT2D eigenvalue weighted by molar-refractivity contribution is -0.135. The summed E-state index contributed by atoms with van der Waals surface area (Å²) in [6.45, 7) is 5.75. The first-order chi connectivity index (χ1) is 18.3. The number of nitrogens with one attached hydrogen (secondary N) is 1. The van der Waals surface area contributed by atoms with Gasteiger partial charge in [0.25, 0.3) is 5.91 Å². The summed E-state index contributed by atoms with van der Waals surface area (Å²) in [4.78, 5) is 28.2. The highest BCUT2D eigenvalue weighted by molar-refractivity contribution is 7.18. The van der Waals surface area contributed by atoms with E-state index in [1.807, 2.05) is 20.8 Å². The van der Waals surface area contributed by atoms with Crippen LogP contribution in [0.5, 0.6) is 5.06 Å². The molecule has 1 atom stereocenters. The molecule has 0 aliphatic heterocycles. The molecule has 39 heavy (non-hydrogen) atoms. The predicted octanol–water partition coefficient (Wildman–Crippen LogP) is 6.29. The minimum absolute atomic E-state index is 0.00639. The molecule has 1 aromatic heterocycles. The molecule has 0 aliphatic rings. The monoisotopic (exact) mass is 564 g/mol. The second-order valence-corrected chi connectivity index (χ2v) is 10.3. The number of carbonyl (C=O) groups excluding carboxylic acids is 1. The van der Waals surface area contributed by atoms with Crippen LogP contribution in [0.15, 0.2) is 36.1 Å². The maximum atomic E-state index is 15.7. The molecule has 0 radical (unpaired) electrons. The van der Waals surface area contributed by atoms with Gasteiger partial charge in [0.2, 0.25) is 10.8 Å². The largest absolute Gasteiger partial charge is 0.490 e. The van der Waals surface area contributed by atoms with Gasteiger partial charge >= 0.3 is 5.97 Å². The molecule has 12 heteroatoms. The standard InChI is InChI=1S/C27H27F3N2O6S/c1-27(2,3)22(37-5)15-9-7-8-14(20(15)30)21-25(38-6)39-26(31-21)32-23(33)13-10-17(28)16(18(29)11-13)12-19(36-4)24(34)35/h7-12,22H,1-6H3,(H,34,35)(H,31,32,33). The molecule has 0 fully saturated rings. The Labute approximate surface area is 227 Å². The molecule has 3 aromatic rings. The molecular formula is C27H27F3N2O6S. The van der Waals surface area contributed by atoms with E-state index in [9.17, 15) is 18.4 Å². The lowest BCUT2D eigenvalue weighted by Gasteiger charge is -2.30. The molecule has 1 amide bonds. The van der Waals surface area contributed by atoms with E-state index in [4.69, 9.17) is 14.6 Å². The summed E-state index contributed by atoms with van der Waals surface area (Å²) < 4.78 is 60.3. The first-order valence-electron chi connectivity index (χ1n) is 11.5. The van der Waals surface area contributed by atoms with Crippen molar-refractivity contribution >= 4 is 34.4 Å². The maximum Gasteiger partial charge on any atom is 0.371 e.